The minimum atomic E-state index is -3.06. The fraction of sp³-hybridized carbons (Fsp3) is 0.511. The Kier molecular flexibility index (Phi) is 14.0. The van der Waals surface area contributed by atoms with Gasteiger partial charge in [-0.2, -0.15) is 4.99 Å². The Bertz CT molecular complexity index is 2490. The van der Waals surface area contributed by atoms with Crippen LogP contribution in [0.3, 0.4) is 0 Å². The number of benzene rings is 2. The fourth-order valence-electron chi connectivity index (χ4n) is 8.48. The second-order valence-corrected chi connectivity index (χ2v) is 24.4. The van der Waals surface area contributed by atoms with E-state index in [2.05, 4.69) is 21.5 Å². The average molecular weight is 894 g/mol. The van der Waals surface area contributed by atoms with Crippen molar-refractivity contribution in [2.24, 2.45) is 9.36 Å². The highest BCUT2D eigenvalue weighted by Gasteiger charge is 2.29. The van der Waals surface area contributed by atoms with Crippen LogP contribution >= 0.6 is 22.7 Å². The normalized spacial score (nSPS) is 17.3. The topological polar surface area (TPSA) is 164 Å². The summed E-state index contributed by atoms with van der Waals surface area (Å²) in [6, 6.07) is 8.04. The smallest absolute Gasteiger partial charge is 0.259 e. The molecular formula is C45H59N5O6S4. The highest BCUT2D eigenvalue weighted by Crippen LogP contribution is 2.40. The van der Waals surface area contributed by atoms with Crippen LogP contribution in [0.5, 0.6) is 0 Å². The predicted octanol–water partition coefficient (Wildman–Crippen LogP) is 8.51. The van der Waals surface area contributed by atoms with E-state index in [9.17, 15) is 28.2 Å². The average Bonchev–Trinajstić information content (AvgIpc) is 4.01. The number of carbonyl (C=O) groups is 1. The number of hydrogen-bond donors (Lipinski definition) is 3. The summed E-state index contributed by atoms with van der Waals surface area (Å²) in [5, 5.41) is 23.5. The summed E-state index contributed by atoms with van der Waals surface area (Å²) in [5.74, 6) is -0.332. The van der Waals surface area contributed by atoms with Gasteiger partial charge in [-0.25, -0.2) is 26.6 Å². The number of isocyanates is 1. The molecule has 8 rings (SSSR count). The molecule has 2 atom stereocenters. The third kappa shape index (κ3) is 9.80. The first-order valence-corrected chi connectivity index (χ1v) is 25.4. The Morgan fingerprint density at radius 2 is 1.12 bits per heavy atom. The summed E-state index contributed by atoms with van der Waals surface area (Å²) in [6.07, 6.45) is 15.3. The zero-order valence-electron chi connectivity index (χ0n) is 36.1. The van der Waals surface area contributed by atoms with E-state index in [0.717, 1.165) is 75.5 Å². The van der Waals surface area contributed by atoms with E-state index >= 15 is 0 Å². The SMILES string of the molecule is CN(C)S(=N)(=O)c1cc(C(C)(C)O)cs1.CN(C)S(=O)(=NC(=O)Cc1c2c(cc3c1CCC3)CCC2)c1cc(C(C)(C)O)cs1.O=C=Nc1c2c(cc3c1CCC3)CCC2. The molecule has 15 heteroatoms. The Morgan fingerprint density at radius 1 is 0.700 bits per heavy atom. The van der Waals surface area contributed by atoms with Gasteiger partial charge in [0.25, 0.3) is 5.91 Å². The summed E-state index contributed by atoms with van der Waals surface area (Å²) >= 11 is 2.52. The van der Waals surface area contributed by atoms with Crippen LogP contribution in [-0.4, -0.2) is 67.4 Å². The molecule has 11 nitrogen and oxygen atoms in total. The molecule has 0 saturated carbocycles. The molecule has 60 heavy (non-hydrogen) atoms. The van der Waals surface area contributed by atoms with Gasteiger partial charge in [-0.3, -0.25) is 4.79 Å². The van der Waals surface area contributed by atoms with Crippen molar-refractivity contribution in [3.8, 4) is 0 Å². The summed E-state index contributed by atoms with van der Waals surface area (Å²) in [7, 11) is 0.651. The second-order valence-electron chi connectivity index (χ2n) is 17.5. The quantitative estimate of drug-likeness (QED) is 0.113. The zero-order chi connectivity index (χ0) is 43.8. The standard InChI is InChI=1S/C23H30N2O3S2.C13H13NO.C9H16N2O2S2/c1-23(2,27)17-12-22(29-14-17)30(28,25(3)4)24-21(26)13-20-18-9-5-7-15(18)11-16-8-6-10-19(16)20;15-8-14-13-11-5-1-3-9(11)7-10-4-2-6-12(10)13;1-9(2,12)7-5-8(14-6-7)15(10,13)11(3)4/h11-12,14,27H,5-10,13H2,1-4H3;7H,1-6H2;5-6,10,12H,1-4H3. The van der Waals surface area contributed by atoms with E-state index in [1.54, 1.807) is 84.9 Å². The first-order valence-electron chi connectivity index (χ1n) is 20.6. The number of amides is 1. The Labute approximate surface area is 364 Å². The lowest BCUT2D eigenvalue weighted by Gasteiger charge is -2.17. The van der Waals surface area contributed by atoms with Gasteiger partial charge in [0.1, 0.15) is 18.3 Å². The van der Waals surface area contributed by atoms with E-state index in [4.69, 9.17) is 4.78 Å². The van der Waals surface area contributed by atoms with Gasteiger partial charge in [-0.05, 0) is 189 Å². The van der Waals surface area contributed by atoms with Crippen molar-refractivity contribution in [1.29, 1.82) is 4.78 Å². The molecule has 4 aliphatic carbocycles. The van der Waals surface area contributed by atoms with E-state index in [-0.39, 0.29) is 12.3 Å². The van der Waals surface area contributed by atoms with Gasteiger partial charge in [0.2, 0.25) is 6.08 Å². The molecule has 4 aliphatic rings. The van der Waals surface area contributed by atoms with Crippen molar-refractivity contribution < 1.29 is 28.2 Å². The lowest BCUT2D eigenvalue weighted by atomic mass is 9.92. The van der Waals surface area contributed by atoms with Crippen LogP contribution in [0.2, 0.25) is 0 Å². The number of thiophene rings is 2. The monoisotopic (exact) mass is 893 g/mol. The first kappa shape index (κ1) is 46.1. The van der Waals surface area contributed by atoms with Crippen molar-refractivity contribution in [2.75, 3.05) is 28.2 Å². The van der Waals surface area contributed by atoms with Crippen LogP contribution in [-0.2, 0) is 98.4 Å². The molecule has 324 valence electrons. The third-order valence-corrected chi connectivity index (χ3v) is 19.0. The second kappa shape index (κ2) is 18.2. The molecule has 4 aromatic rings. The van der Waals surface area contributed by atoms with Gasteiger partial charge in [0.15, 0.2) is 9.92 Å². The largest absolute Gasteiger partial charge is 0.386 e. The van der Waals surface area contributed by atoms with Crippen molar-refractivity contribution >= 4 is 60.2 Å². The molecule has 2 heterocycles. The van der Waals surface area contributed by atoms with E-state index in [1.165, 1.54) is 88.6 Å². The fourth-order valence-corrected chi connectivity index (χ4v) is 14.3. The van der Waals surface area contributed by atoms with Gasteiger partial charge < -0.3 is 10.2 Å². The first-order chi connectivity index (χ1) is 28.1. The number of nitrogens with zero attached hydrogens (tertiary/aromatic N) is 4. The number of rotatable bonds is 9. The number of aliphatic hydroxyl groups is 2. The molecule has 0 spiro atoms. The van der Waals surface area contributed by atoms with Crippen LogP contribution in [0.1, 0.15) is 115 Å². The molecule has 3 N–H and O–H groups in total. The zero-order valence-corrected chi connectivity index (χ0v) is 39.4. The number of hydrogen-bond acceptors (Lipinski definition) is 10. The molecular weight excluding hydrogens is 835 g/mol. The van der Waals surface area contributed by atoms with E-state index in [0.29, 0.717) is 19.5 Å². The lowest BCUT2D eigenvalue weighted by molar-refractivity contribution is -0.117. The molecule has 0 radical (unpaired) electrons. The summed E-state index contributed by atoms with van der Waals surface area (Å²) in [4.78, 5) is 27.5. The molecule has 0 saturated heterocycles. The van der Waals surface area contributed by atoms with E-state index < -0.39 is 31.0 Å². The number of aryl methyl sites for hydroxylation is 4. The molecule has 2 aromatic heterocycles. The highest BCUT2D eigenvalue weighted by atomic mass is 32.2. The number of nitrogens with one attached hydrogen (secondary N) is 1. The molecule has 0 fully saturated rings. The molecule has 2 unspecified atom stereocenters. The number of fused-ring (bicyclic) bond motifs is 4. The minimum Gasteiger partial charge on any atom is -0.386 e. The van der Waals surface area contributed by atoms with Gasteiger partial charge in [-0.1, -0.05) is 12.1 Å². The predicted molar refractivity (Wildman–Crippen MR) is 242 cm³/mol. The van der Waals surface area contributed by atoms with Crippen LogP contribution in [0.15, 0.2) is 52.8 Å². The third-order valence-electron chi connectivity index (χ3n) is 11.9. The van der Waals surface area contributed by atoms with Crippen LogP contribution in [0.4, 0.5) is 5.69 Å². The van der Waals surface area contributed by atoms with Gasteiger partial charge >= 0.3 is 0 Å². The maximum absolute atomic E-state index is 13.8. The molecule has 0 aliphatic heterocycles. The Balaban J connectivity index is 0.000000168. The van der Waals surface area contributed by atoms with Crippen molar-refractivity contribution in [1.82, 2.24) is 8.61 Å². The molecule has 1 amide bonds. The van der Waals surface area contributed by atoms with Crippen molar-refractivity contribution in [3.05, 3.63) is 96.2 Å². The summed E-state index contributed by atoms with van der Waals surface area (Å²) in [5.41, 5.74) is 12.4. The lowest BCUT2D eigenvalue weighted by Crippen LogP contribution is -2.23. The minimum absolute atomic E-state index is 0.222. The van der Waals surface area contributed by atoms with Crippen LogP contribution in [0.25, 0.3) is 0 Å². The Morgan fingerprint density at radius 3 is 1.52 bits per heavy atom. The maximum Gasteiger partial charge on any atom is 0.259 e. The maximum atomic E-state index is 13.8. The number of carbonyl (C=O) groups excluding carboxylic acids is 2. The van der Waals surface area contributed by atoms with Crippen molar-refractivity contribution in [2.45, 2.75) is 131 Å². The Hall–Kier alpha value is -3.37. The molecule has 2 aromatic carbocycles. The van der Waals surface area contributed by atoms with Crippen molar-refractivity contribution in [3.63, 3.8) is 0 Å². The number of aliphatic imine (C=N–C) groups is 1. The van der Waals surface area contributed by atoms with Gasteiger partial charge in [0.05, 0.1) is 23.3 Å². The highest BCUT2D eigenvalue weighted by molar-refractivity contribution is 7.93. The van der Waals surface area contributed by atoms with Crippen LogP contribution < -0.4 is 0 Å². The van der Waals surface area contributed by atoms with Crippen LogP contribution in [0, 0.1) is 4.78 Å². The summed E-state index contributed by atoms with van der Waals surface area (Å²) < 4.78 is 41.6. The van der Waals surface area contributed by atoms with Gasteiger partial charge in [-0.15, -0.1) is 27.0 Å². The molecule has 0 bridgehead atoms. The van der Waals surface area contributed by atoms with Gasteiger partial charge in [0, 0.05) is 28.2 Å². The summed E-state index contributed by atoms with van der Waals surface area (Å²) in [6.45, 7) is 6.71. The van der Waals surface area contributed by atoms with E-state index in [1.807, 2.05) is 0 Å².